The quantitative estimate of drug-likeness (QED) is 0.789. The molecule has 1 aliphatic carbocycles. The van der Waals surface area contributed by atoms with Crippen LogP contribution in [0, 0.1) is 11.3 Å². The highest BCUT2D eigenvalue weighted by atomic mass is 19.3. The number of amides is 2. The Kier molecular flexibility index (Phi) is 5.51. The van der Waals surface area contributed by atoms with Crippen molar-refractivity contribution in [2.45, 2.75) is 37.8 Å². The monoisotopic (exact) mass is 422 g/mol. The van der Waals surface area contributed by atoms with Gasteiger partial charge in [0.15, 0.2) is 0 Å². The van der Waals surface area contributed by atoms with Crippen LogP contribution in [0.2, 0.25) is 0 Å². The van der Waals surface area contributed by atoms with E-state index in [4.69, 9.17) is 10.3 Å². The first-order valence-electron chi connectivity index (χ1n) is 10.0. The number of alkyl halides is 2. The highest BCUT2D eigenvalue weighted by molar-refractivity contribution is 6.47. The lowest BCUT2D eigenvalue weighted by Crippen LogP contribution is -2.48. The van der Waals surface area contributed by atoms with Crippen LogP contribution in [0.4, 0.5) is 14.5 Å². The number of hydrogen-bond donors (Lipinski definition) is 1. The van der Waals surface area contributed by atoms with E-state index in [1.807, 2.05) is 6.07 Å². The Hall–Kier alpha value is -3.60. The van der Waals surface area contributed by atoms with Gasteiger partial charge in [-0.25, -0.2) is 8.78 Å². The molecule has 0 bridgehead atoms. The van der Waals surface area contributed by atoms with E-state index in [1.165, 1.54) is 29.2 Å². The molecule has 1 aliphatic heterocycles. The summed E-state index contributed by atoms with van der Waals surface area (Å²) in [5, 5.41) is 11.6. The van der Waals surface area contributed by atoms with E-state index in [2.05, 4.69) is 5.32 Å². The summed E-state index contributed by atoms with van der Waals surface area (Å²) in [4.78, 5) is 32.1. The molecule has 2 aromatic carbocycles. The Labute approximate surface area is 178 Å². The van der Waals surface area contributed by atoms with Gasteiger partial charge >= 0.3 is 0 Å². The van der Waals surface area contributed by atoms with Crippen molar-refractivity contribution in [2.24, 2.45) is 4.99 Å². The van der Waals surface area contributed by atoms with Gasteiger partial charge in [0.05, 0.1) is 11.6 Å². The number of carbonyl (C=O) groups excluding carboxylic acids is 2. The van der Waals surface area contributed by atoms with Crippen LogP contribution in [-0.2, 0) is 9.59 Å². The maximum atomic E-state index is 13.2. The molecule has 0 unspecified atom stereocenters. The zero-order chi connectivity index (χ0) is 22.0. The van der Waals surface area contributed by atoms with Crippen molar-refractivity contribution in [3.63, 3.8) is 0 Å². The summed E-state index contributed by atoms with van der Waals surface area (Å²) in [5.41, 5.74) is 0.661. The van der Waals surface area contributed by atoms with Crippen LogP contribution in [0.1, 0.15) is 48.8 Å². The molecule has 1 spiro atoms. The lowest BCUT2D eigenvalue weighted by molar-refractivity contribution is -0.132. The highest BCUT2D eigenvalue weighted by Crippen LogP contribution is 2.41. The zero-order valence-corrected chi connectivity index (χ0v) is 16.6. The number of hydrogen-bond acceptors (Lipinski definition) is 4. The van der Waals surface area contributed by atoms with Gasteiger partial charge in [-0.15, -0.1) is 0 Å². The number of benzene rings is 2. The Morgan fingerprint density at radius 2 is 1.90 bits per heavy atom. The average molecular weight is 422 g/mol. The average Bonchev–Trinajstić information content (AvgIpc) is 3.34. The van der Waals surface area contributed by atoms with Crippen molar-refractivity contribution in [1.29, 1.82) is 5.26 Å². The minimum absolute atomic E-state index is 0.186. The summed E-state index contributed by atoms with van der Waals surface area (Å²) in [7, 11) is 0. The molecule has 2 amide bonds. The van der Waals surface area contributed by atoms with Gasteiger partial charge in [0.2, 0.25) is 5.91 Å². The van der Waals surface area contributed by atoms with Crippen molar-refractivity contribution in [3.05, 3.63) is 65.2 Å². The molecule has 0 atom stereocenters. The van der Waals surface area contributed by atoms with Crippen molar-refractivity contribution < 1.29 is 18.4 Å². The third kappa shape index (κ3) is 4.04. The number of nitrogens with zero attached hydrogens (tertiary/aromatic N) is 3. The zero-order valence-electron chi connectivity index (χ0n) is 16.6. The third-order valence-corrected chi connectivity index (χ3v) is 5.69. The first kappa shape index (κ1) is 20.7. The fraction of sp³-hybridized carbons (Fsp3) is 0.304. The molecule has 1 fully saturated rings. The second kappa shape index (κ2) is 8.26. The predicted molar refractivity (Wildman–Crippen MR) is 111 cm³/mol. The predicted octanol–water partition coefficient (Wildman–Crippen LogP) is 4.04. The van der Waals surface area contributed by atoms with E-state index >= 15 is 0 Å². The summed E-state index contributed by atoms with van der Waals surface area (Å²) < 4.78 is 25.8. The molecule has 0 radical (unpaired) electrons. The summed E-state index contributed by atoms with van der Waals surface area (Å²) in [6.45, 7) is -0.221. The standard InChI is InChI=1S/C23H20F2N4O2/c24-21(25)17-4-3-5-18(12-17)27-19(30)14-29-22(31)20(28-23(29)10-1-2-11-23)16-8-6-15(13-26)7-9-16/h3-9,12,21H,1-2,10-11,14H2,(H,27,30). The van der Waals surface area contributed by atoms with Gasteiger partial charge in [0.25, 0.3) is 12.3 Å². The summed E-state index contributed by atoms with van der Waals surface area (Å²) in [6.07, 6.45) is 0.472. The van der Waals surface area contributed by atoms with Gasteiger partial charge in [0.1, 0.15) is 17.9 Å². The Morgan fingerprint density at radius 1 is 1.19 bits per heavy atom. The minimum Gasteiger partial charge on any atom is -0.325 e. The molecule has 158 valence electrons. The second-order valence-electron chi connectivity index (χ2n) is 7.70. The molecule has 0 aromatic heterocycles. The lowest BCUT2D eigenvalue weighted by Gasteiger charge is -2.32. The van der Waals surface area contributed by atoms with Crippen LogP contribution in [0.3, 0.4) is 0 Å². The Bertz CT molecular complexity index is 1080. The number of nitriles is 1. The Balaban J connectivity index is 1.55. The van der Waals surface area contributed by atoms with E-state index in [1.54, 1.807) is 24.3 Å². The molecule has 2 aliphatic rings. The molecule has 0 saturated heterocycles. The molecule has 6 nitrogen and oxygen atoms in total. The number of nitrogens with one attached hydrogen (secondary N) is 1. The van der Waals surface area contributed by atoms with E-state index in [9.17, 15) is 18.4 Å². The SMILES string of the molecule is N#Cc1ccc(C2=NC3(CCCC3)N(CC(=O)Nc3cccc(C(F)F)c3)C2=O)cc1. The normalized spacial score (nSPS) is 17.2. The van der Waals surface area contributed by atoms with Crippen LogP contribution in [0.25, 0.3) is 0 Å². The van der Waals surface area contributed by atoms with E-state index in [0.29, 0.717) is 24.0 Å². The topological polar surface area (TPSA) is 85.6 Å². The molecule has 31 heavy (non-hydrogen) atoms. The van der Waals surface area contributed by atoms with Crippen molar-refractivity contribution in [3.8, 4) is 6.07 Å². The van der Waals surface area contributed by atoms with Crippen molar-refractivity contribution >= 4 is 23.2 Å². The Morgan fingerprint density at radius 3 is 2.55 bits per heavy atom. The number of anilines is 1. The number of aliphatic imine (C=N–C) groups is 1. The fourth-order valence-electron chi connectivity index (χ4n) is 4.16. The second-order valence-corrected chi connectivity index (χ2v) is 7.70. The fourth-order valence-corrected chi connectivity index (χ4v) is 4.16. The smallest absolute Gasteiger partial charge is 0.275 e. The molecule has 4 rings (SSSR count). The van der Waals surface area contributed by atoms with Crippen LogP contribution < -0.4 is 5.32 Å². The lowest BCUT2D eigenvalue weighted by atomic mass is 10.1. The summed E-state index contributed by atoms with van der Waals surface area (Å²) in [6, 6.07) is 14.1. The van der Waals surface area contributed by atoms with Crippen LogP contribution in [-0.4, -0.2) is 34.6 Å². The molecule has 1 heterocycles. The number of halogens is 2. The van der Waals surface area contributed by atoms with E-state index in [-0.39, 0.29) is 29.4 Å². The first-order valence-corrected chi connectivity index (χ1v) is 10.0. The first-order chi connectivity index (χ1) is 14.9. The maximum absolute atomic E-state index is 13.2. The van der Waals surface area contributed by atoms with Gasteiger partial charge in [-0.3, -0.25) is 14.6 Å². The van der Waals surface area contributed by atoms with Crippen LogP contribution in [0.5, 0.6) is 0 Å². The van der Waals surface area contributed by atoms with Gasteiger partial charge in [0, 0.05) is 16.8 Å². The molecule has 8 heteroatoms. The van der Waals surface area contributed by atoms with Crippen molar-refractivity contribution in [1.82, 2.24) is 4.90 Å². The van der Waals surface area contributed by atoms with E-state index < -0.39 is 18.0 Å². The minimum atomic E-state index is -2.64. The van der Waals surface area contributed by atoms with Crippen molar-refractivity contribution in [2.75, 3.05) is 11.9 Å². The van der Waals surface area contributed by atoms with Crippen LogP contribution in [0.15, 0.2) is 53.5 Å². The molecule has 2 aromatic rings. The molecular formula is C23H20F2N4O2. The summed E-state index contributed by atoms with van der Waals surface area (Å²) in [5.74, 6) is -0.814. The largest absolute Gasteiger partial charge is 0.325 e. The van der Waals surface area contributed by atoms with Gasteiger partial charge in [-0.05, 0) is 49.9 Å². The summed E-state index contributed by atoms with van der Waals surface area (Å²) >= 11 is 0. The molecule has 1 N–H and O–H groups in total. The molecule has 1 saturated carbocycles. The number of carbonyl (C=O) groups is 2. The third-order valence-electron chi connectivity index (χ3n) is 5.69. The van der Waals surface area contributed by atoms with E-state index in [0.717, 1.165) is 12.8 Å². The number of rotatable bonds is 5. The van der Waals surface area contributed by atoms with Crippen LogP contribution >= 0.6 is 0 Å². The molecular weight excluding hydrogens is 402 g/mol. The van der Waals surface area contributed by atoms with Gasteiger partial charge < -0.3 is 10.2 Å². The van der Waals surface area contributed by atoms with Gasteiger partial charge in [-0.1, -0.05) is 24.3 Å². The van der Waals surface area contributed by atoms with Gasteiger partial charge in [-0.2, -0.15) is 5.26 Å². The highest BCUT2D eigenvalue weighted by Gasteiger charge is 2.49. The maximum Gasteiger partial charge on any atom is 0.275 e.